The standard InChI is InChI=1S/C28H41N5O6/c1-32-22(30-25-23(32)27(35)31-28(36)33(25)2)15-13-11-9-7-6-8-10-12-14-16-29-26(34)19-17-20(37-3)24(39-5)21(18-19)38-4/h17-18H,6-16H2,1-5H3,(H,29,34)(H,31,35,36). The van der Waals surface area contributed by atoms with E-state index >= 15 is 0 Å². The summed E-state index contributed by atoms with van der Waals surface area (Å²) >= 11 is 0. The van der Waals surface area contributed by atoms with Crippen LogP contribution in [0.25, 0.3) is 11.2 Å². The molecule has 1 aromatic carbocycles. The molecular weight excluding hydrogens is 502 g/mol. The first-order valence-corrected chi connectivity index (χ1v) is 13.5. The van der Waals surface area contributed by atoms with Gasteiger partial charge in [0.15, 0.2) is 22.7 Å². The molecule has 39 heavy (non-hydrogen) atoms. The third-order valence-electron chi connectivity index (χ3n) is 7.02. The molecule has 2 aromatic heterocycles. The third-order valence-corrected chi connectivity index (χ3v) is 7.02. The fourth-order valence-electron chi connectivity index (χ4n) is 4.74. The maximum absolute atomic E-state index is 12.5. The van der Waals surface area contributed by atoms with Gasteiger partial charge in [-0.1, -0.05) is 44.9 Å². The summed E-state index contributed by atoms with van der Waals surface area (Å²) in [7, 11) is 8.02. The lowest BCUT2D eigenvalue weighted by Gasteiger charge is -2.14. The van der Waals surface area contributed by atoms with Crippen molar-refractivity contribution in [1.82, 2.24) is 24.4 Å². The summed E-state index contributed by atoms with van der Waals surface area (Å²) in [5, 5.41) is 2.97. The van der Waals surface area contributed by atoms with Gasteiger partial charge in [-0.3, -0.25) is 19.1 Å². The number of nitrogens with zero attached hydrogens (tertiary/aromatic N) is 3. The molecule has 0 aliphatic heterocycles. The van der Waals surface area contributed by atoms with Gasteiger partial charge in [0, 0.05) is 32.6 Å². The van der Waals surface area contributed by atoms with Gasteiger partial charge in [0.05, 0.1) is 21.3 Å². The Bertz CT molecular complexity index is 1350. The van der Waals surface area contributed by atoms with Crippen molar-refractivity contribution in [3.8, 4) is 17.2 Å². The van der Waals surface area contributed by atoms with Crippen molar-refractivity contribution in [2.45, 2.75) is 64.2 Å². The fraction of sp³-hybridized carbons (Fsp3) is 0.571. The summed E-state index contributed by atoms with van der Waals surface area (Å²) in [6, 6.07) is 3.30. The highest BCUT2D eigenvalue weighted by Crippen LogP contribution is 2.38. The molecule has 0 saturated heterocycles. The average molecular weight is 544 g/mol. The van der Waals surface area contributed by atoms with Gasteiger partial charge in [-0.2, -0.15) is 0 Å². The lowest BCUT2D eigenvalue weighted by Crippen LogP contribution is -2.29. The third kappa shape index (κ3) is 7.42. The number of amides is 1. The molecular formula is C28H41N5O6. The van der Waals surface area contributed by atoms with Crippen LogP contribution in [0.1, 0.15) is 74.0 Å². The number of benzene rings is 1. The number of carbonyl (C=O) groups is 1. The van der Waals surface area contributed by atoms with E-state index < -0.39 is 11.2 Å². The number of aromatic amines is 1. The van der Waals surface area contributed by atoms with Gasteiger partial charge in [-0.05, 0) is 25.0 Å². The maximum Gasteiger partial charge on any atom is 0.329 e. The van der Waals surface area contributed by atoms with Crippen LogP contribution in [0.15, 0.2) is 21.7 Å². The van der Waals surface area contributed by atoms with Crippen LogP contribution < -0.4 is 30.8 Å². The van der Waals surface area contributed by atoms with Crippen molar-refractivity contribution in [1.29, 1.82) is 0 Å². The van der Waals surface area contributed by atoms with Crippen LogP contribution in [0.3, 0.4) is 0 Å². The second-order valence-electron chi connectivity index (χ2n) is 9.68. The van der Waals surface area contributed by atoms with Crippen molar-refractivity contribution in [2.75, 3.05) is 27.9 Å². The average Bonchev–Trinajstić information content (AvgIpc) is 3.27. The minimum atomic E-state index is -0.447. The number of aryl methyl sites for hydroxylation is 3. The Morgan fingerprint density at radius 2 is 1.41 bits per heavy atom. The van der Waals surface area contributed by atoms with E-state index in [0.29, 0.717) is 40.5 Å². The summed E-state index contributed by atoms with van der Waals surface area (Å²) in [5.74, 6) is 2.04. The van der Waals surface area contributed by atoms with Crippen LogP contribution in [0.2, 0.25) is 0 Å². The SMILES string of the molecule is COc1cc(C(=O)NCCCCCCCCCCCc2nc3c(c(=O)[nH]c(=O)n3C)n2C)cc(OC)c1OC. The number of hydrogen-bond acceptors (Lipinski definition) is 7. The van der Waals surface area contributed by atoms with Crippen LogP contribution in [-0.2, 0) is 20.5 Å². The largest absolute Gasteiger partial charge is 0.493 e. The summed E-state index contributed by atoms with van der Waals surface area (Å²) in [6.07, 6.45) is 10.8. The second-order valence-corrected chi connectivity index (χ2v) is 9.68. The number of rotatable bonds is 16. The van der Waals surface area contributed by atoms with Crippen molar-refractivity contribution in [3.05, 3.63) is 44.4 Å². The molecule has 0 spiro atoms. The predicted octanol–water partition coefficient (Wildman–Crippen LogP) is 3.47. The van der Waals surface area contributed by atoms with E-state index in [4.69, 9.17) is 14.2 Å². The molecule has 0 aliphatic carbocycles. The Labute approximate surface area is 228 Å². The fourth-order valence-corrected chi connectivity index (χ4v) is 4.74. The van der Waals surface area contributed by atoms with Gasteiger partial charge in [-0.25, -0.2) is 9.78 Å². The first-order valence-electron chi connectivity index (χ1n) is 13.5. The maximum atomic E-state index is 12.5. The quantitative estimate of drug-likeness (QED) is 0.265. The summed E-state index contributed by atoms with van der Waals surface area (Å²) < 4.78 is 19.1. The first kappa shape index (κ1) is 29.8. The van der Waals surface area contributed by atoms with Gasteiger partial charge >= 0.3 is 5.69 Å². The van der Waals surface area contributed by atoms with Gasteiger partial charge in [-0.15, -0.1) is 0 Å². The lowest BCUT2D eigenvalue weighted by atomic mass is 10.1. The molecule has 3 aromatic rings. The number of fused-ring (bicyclic) bond motifs is 1. The zero-order chi connectivity index (χ0) is 28.4. The van der Waals surface area contributed by atoms with E-state index in [1.807, 2.05) is 7.05 Å². The van der Waals surface area contributed by atoms with E-state index in [1.165, 1.54) is 45.2 Å². The molecule has 3 rings (SSSR count). The number of methoxy groups -OCH3 is 3. The Morgan fingerprint density at radius 3 is 1.97 bits per heavy atom. The van der Waals surface area contributed by atoms with Crippen LogP contribution in [0, 0.1) is 0 Å². The van der Waals surface area contributed by atoms with E-state index in [2.05, 4.69) is 15.3 Å². The number of H-pyrrole nitrogens is 1. The van der Waals surface area contributed by atoms with E-state index in [1.54, 1.807) is 23.7 Å². The molecule has 1 amide bonds. The highest BCUT2D eigenvalue weighted by molar-refractivity contribution is 5.95. The smallest absolute Gasteiger partial charge is 0.329 e. The minimum absolute atomic E-state index is 0.163. The summed E-state index contributed by atoms with van der Waals surface area (Å²) in [5.41, 5.74) is 0.502. The number of hydrogen-bond donors (Lipinski definition) is 2. The van der Waals surface area contributed by atoms with Crippen LogP contribution >= 0.6 is 0 Å². The van der Waals surface area contributed by atoms with Crippen molar-refractivity contribution in [2.24, 2.45) is 14.1 Å². The molecule has 11 heteroatoms. The van der Waals surface area contributed by atoms with E-state index in [-0.39, 0.29) is 5.91 Å². The summed E-state index contributed by atoms with van der Waals surface area (Å²) in [4.78, 5) is 43.3. The number of imidazole rings is 1. The number of aromatic nitrogens is 4. The molecule has 2 N–H and O–H groups in total. The Balaban J connectivity index is 1.26. The molecule has 0 aliphatic rings. The van der Waals surface area contributed by atoms with Crippen molar-refractivity contribution < 1.29 is 19.0 Å². The molecule has 0 radical (unpaired) electrons. The number of carbonyl (C=O) groups excluding carboxylic acids is 1. The van der Waals surface area contributed by atoms with E-state index in [9.17, 15) is 14.4 Å². The molecule has 0 saturated carbocycles. The van der Waals surface area contributed by atoms with Crippen LogP contribution in [-0.4, -0.2) is 52.9 Å². The summed E-state index contributed by atoms with van der Waals surface area (Å²) in [6.45, 7) is 0.623. The molecule has 0 atom stereocenters. The molecule has 11 nitrogen and oxygen atoms in total. The van der Waals surface area contributed by atoms with Gasteiger partial charge in [0.25, 0.3) is 11.5 Å². The number of unbranched alkanes of at least 4 members (excludes halogenated alkanes) is 8. The zero-order valence-corrected chi connectivity index (χ0v) is 23.7. The number of nitrogens with one attached hydrogen (secondary N) is 2. The molecule has 0 fully saturated rings. The zero-order valence-electron chi connectivity index (χ0n) is 23.7. The molecule has 214 valence electrons. The van der Waals surface area contributed by atoms with Gasteiger partial charge < -0.3 is 24.1 Å². The Morgan fingerprint density at radius 1 is 0.846 bits per heavy atom. The van der Waals surface area contributed by atoms with E-state index in [0.717, 1.165) is 50.8 Å². The predicted molar refractivity (Wildman–Crippen MR) is 150 cm³/mol. The second kappa shape index (κ2) is 14.4. The minimum Gasteiger partial charge on any atom is -0.493 e. The molecule has 0 bridgehead atoms. The lowest BCUT2D eigenvalue weighted by molar-refractivity contribution is 0.0952. The highest BCUT2D eigenvalue weighted by Gasteiger charge is 2.17. The Kier molecular flexibility index (Phi) is 11.0. The van der Waals surface area contributed by atoms with Crippen LogP contribution in [0.5, 0.6) is 17.2 Å². The van der Waals surface area contributed by atoms with Crippen LogP contribution in [0.4, 0.5) is 0 Å². The highest BCUT2D eigenvalue weighted by atomic mass is 16.5. The first-order chi connectivity index (χ1) is 18.8. The number of ether oxygens (including phenoxy) is 3. The monoisotopic (exact) mass is 543 g/mol. The molecule has 0 unspecified atom stereocenters. The van der Waals surface area contributed by atoms with Gasteiger partial charge in [0.2, 0.25) is 5.75 Å². The Hall–Kier alpha value is -3.76. The van der Waals surface area contributed by atoms with Gasteiger partial charge in [0.1, 0.15) is 5.82 Å². The topological polar surface area (TPSA) is 129 Å². The van der Waals surface area contributed by atoms with Crippen molar-refractivity contribution in [3.63, 3.8) is 0 Å². The normalized spacial score (nSPS) is 11.1. The van der Waals surface area contributed by atoms with Crippen molar-refractivity contribution >= 4 is 17.1 Å². The molecule has 2 heterocycles.